The zero-order valence-corrected chi connectivity index (χ0v) is 10.9. The van der Waals surface area contributed by atoms with Gasteiger partial charge in [-0.15, -0.1) is 13.2 Å². The van der Waals surface area contributed by atoms with Gasteiger partial charge in [0, 0.05) is 5.56 Å². The molecule has 0 radical (unpaired) electrons. The van der Waals surface area contributed by atoms with Crippen LogP contribution in [0.4, 0.5) is 13.2 Å². The molecule has 8 heteroatoms. The summed E-state index contributed by atoms with van der Waals surface area (Å²) in [5, 5.41) is 0. The number of halogens is 3. The van der Waals surface area contributed by atoms with E-state index in [4.69, 9.17) is 0 Å². The quantitative estimate of drug-likeness (QED) is 0.349. The van der Waals surface area contributed by atoms with Crippen LogP contribution in [0.5, 0.6) is 5.75 Å². The molecule has 0 heterocycles. The first-order chi connectivity index (χ1) is 9.73. The summed E-state index contributed by atoms with van der Waals surface area (Å²) in [5.74, 6) is -3.62. The van der Waals surface area contributed by atoms with Crippen LogP contribution in [0, 0.1) is 0 Å². The van der Waals surface area contributed by atoms with Crippen LogP contribution >= 0.6 is 0 Å². The average molecular weight is 304 g/mol. The topological polar surface area (TPSA) is 69.7 Å². The monoisotopic (exact) mass is 304 g/mol. The maximum absolute atomic E-state index is 12.1. The van der Waals surface area contributed by atoms with Crippen LogP contribution in [0.1, 0.15) is 23.7 Å². The Labute approximate surface area is 117 Å². The molecule has 0 saturated carbocycles. The van der Waals surface area contributed by atoms with E-state index in [1.807, 2.05) is 0 Å². The molecule has 0 aromatic heterocycles. The fraction of sp³-hybridized carbons (Fsp3) is 0.308. The highest BCUT2D eigenvalue weighted by molar-refractivity contribution is 6.38. The molecule has 21 heavy (non-hydrogen) atoms. The summed E-state index contributed by atoms with van der Waals surface area (Å²) < 4.78 is 44.2. The molecule has 0 amide bonds. The number of carbonyl (C=O) groups is 3. The van der Waals surface area contributed by atoms with Crippen molar-refractivity contribution in [1.29, 1.82) is 0 Å². The summed E-state index contributed by atoms with van der Waals surface area (Å²) in [7, 11) is 0. The number of hydrogen-bond acceptors (Lipinski definition) is 5. The van der Waals surface area contributed by atoms with Gasteiger partial charge in [-0.3, -0.25) is 9.59 Å². The van der Waals surface area contributed by atoms with Gasteiger partial charge >= 0.3 is 12.3 Å². The first-order valence-corrected chi connectivity index (χ1v) is 5.82. The first kappa shape index (κ1) is 16.7. The molecule has 0 aliphatic rings. The molecule has 0 bridgehead atoms. The van der Waals surface area contributed by atoms with Gasteiger partial charge in [-0.25, -0.2) is 4.79 Å². The van der Waals surface area contributed by atoms with Crippen molar-refractivity contribution in [3.05, 3.63) is 29.8 Å². The molecule has 0 N–H and O–H groups in total. The van der Waals surface area contributed by atoms with E-state index in [0.29, 0.717) is 0 Å². The van der Waals surface area contributed by atoms with Gasteiger partial charge in [0.05, 0.1) is 13.0 Å². The third-order valence-electron chi connectivity index (χ3n) is 2.21. The molecule has 1 aromatic rings. The van der Waals surface area contributed by atoms with E-state index in [0.717, 1.165) is 12.1 Å². The number of ether oxygens (including phenoxy) is 2. The lowest BCUT2D eigenvalue weighted by Crippen LogP contribution is -2.21. The molecular weight excluding hydrogens is 293 g/mol. The molecule has 1 rings (SSSR count). The molecule has 0 aliphatic heterocycles. The lowest BCUT2D eigenvalue weighted by Gasteiger charge is -2.09. The maximum Gasteiger partial charge on any atom is 0.573 e. The zero-order valence-electron chi connectivity index (χ0n) is 10.9. The lowest BCUT2D eigenvalue weighted by molar-refractivity contribution is -0.274. The van der Waals surface area contributed by atoms with Crippen molar-refractivity contribution >= 4 is 17.5 Å². The molecule has 1 aromatic carbocycles. The molecule has 0 spiro atoms. The first-order valence-electron chi connectivity index (χ1n) is 5.82. The van der Waals surface area contributed by atoms with E-state index in [1.54, 1.807) is 0 Å². The van der Waals surface area contributed by atoms with Crippen molar-refractivity contribution in [2.24, 2.45) is 0 Å². The minimum Gasteiger partial charge on any atom is -0.460 e. The van der Waals surface area contributed by atoms with E-state index in [1.165, 1.54) is 19.1 Å². The Morgan fingerprint density at radius 1 is 1.19 bits per heavy atom. The van der Waals surface area contributed by atoms with Crippen LogP contribution < -0.4 is 4.74 Å². The summed E-state index contributed by atoms with van der Waals surface area (Å²) in [6.07, 6.45) is -5.67. The Morgan fingerprint density at radius 3 is 2.43 bits per heavy atom. The van der Waals surface area contributed by atoms with Gasteiger partial charge in [-0.1, -0.05) is 12.1 Å². The predicted octanol–water partition coefficient (Wildman–Crippen LogP) is 2.29. The van der Waals surface area contributed by atoms with Crippen LogP contribution in [-0.4, -0.2) is 30.5 Å². The largest absolute Gasteiger partial charge is 0.573 e. The lowest BCUT2D eigenvalue weighted by atomic mass is 10.1. The Balaban J connectivity index is 2.77. The Hall–Kier alpha value is -2.38. The van der Waals surface area contributed by atoms with Gasteiger partial charge in [-0.05, 0) is 19.1 Å². The number of rotatable bonds is 6. The van der Waals surface area contributed by atoms with Crippen molar-refractivity contribution in [3.8, 4) is 5.75 Å². The Morgan fingerprint density at radius 2 is 1.86 bits per heavy atom. The number of ketones is 2. The third kappa shape index (κ3) is 5.64. The molecule has 114 valence electrons. The fourth-order valence-electron chi connectivity index (χ4n) is 1.40. The standard InChI is InChI=1S/C13H11F3O5/c1-2-20-12(19)11(18)7-10(17)8-4-3-5-9(6-8)21-13(14,15)16/h3-6H,2,7H2,1H3. The van der Waals surface area contributed by atoms with E-state index in [9.17, 15) is 27.6 Å². The molecular formula is C13H11F3O5. The Bertz CT molecular complexity index is 551. The van der Waals surface area contributed by atoms with Gasteiger partial charge < -0.3 is 9.47 Å². The maximum atomic E-state index is 12.1. The van der Waals surface area contributed by atoms with Gasteiger partial charge in [0.15, 0.2) is 5.78 Å². The minimum atomic E-state index is -4.89. The van der Waals surface area contributed by atoms with Crippen molar-refractivity contribution < 1.29 is 37.0 Å². The second kappa shape index (κ2) is 6.87. The SMILES string of the molecule is CCOC(=O)C(=O)CC(=O)c1cccc(OC(F)(F)F)c1. The summed E-state index contributed by atoms with van der Waals surface area (Å²) in [4.78, 5) is 34.1. The summed E-state index contributed by atoms with van der Waals surface area (Å²) in [6.45, 7) is 1.47. The van der Waals surface area contributed by atoms with Crippen molar-refractivity contribution in [2.45, 2.75) is 19.7 Å². The number of carbonyl (C=O) groups excluding carboxylic acids is 3. The van der Waals surface area contributed by atoms with Crippen molar-refractivity contribution in [1.82, 2.24) is 0 Å². The van der Waals surface area contributed by atoms with E-state index in [-0.39, 0.29) is 12.2 Å². The van der Waals surface area contributed by atoms with Crippen molar-refractivity contribution in [3.63, 3.8) is 0 Å². The normalized spacial score (nSPS) is 10.9. The van der Waals surface area contributed by atoms with E-state index in [2.05, 4.69) is 9.47 Å². The van der Waals surface area contributed by atoms with Crippen LogP contribution in [0.15, 0.2) is 24.3 Å². The molecule has 0 unspecified atom stereocenters. The third-order valence-corrected chi connectivity index (χ3v) is 2.21. The van der Waals surface area contributed by atoms with E-state index < -0.39 is 36.1 Å². The number of Topliss-reactive ketones (excluding diaryl/α,β-unsaturated/α-hetero) is 2. The number of esters is 1. The highest BCUT2D eigenvalue weighted by Gasteiger charge is 2.31. The average Bonchev–Trinajstić information content (AvgIpc) is 2.37. The second-order valence-electron chi connectivity index (χ2n) is 3.82. The van der Waals surface area contributed by atoms with E-state index >= 15 is 0 Å². The summed E-state index contributed by atoms with van der Waals surface area (Å²) in [6, 6.07) is 4.23. The Kier molecular flexibility index (Phi) is 5.45. The molecule has 0 aliphatic carbocycles. The number of hydrogen-bond donors (Lipinski definition) is 0. The second-order valence-corrected chi connectivity index (χ2v) is 3.82. The molecule has 5 nitrogen and oxygen atoms in total. The molecule has 0 atom stereocenters. The predicted molar refractivity (Wildman–Crippen MR) is 63.7 cm³/mol. The molecule has 0 saturated heterocycles. The highest BCUT2D eigenvalue weighted by atomic mass is 19.4. The number of benzene rings is 1. The molecule has 0 fully saturated rings. The van der Waals surface area contributed by atoms with Crippen molar-refractivity contribution in [2.75, 3.05) is 6.61 Å². The van der Waals surface area contributed by atoms with Gasteiger partial charge in [-0.2, -0.15) is 0 Å². The zero-order chi connectivity index (χ0) is 16.0. The summed E-state index contributed by atoms with van der Waals surface area (Å²) in [5.41, 5.74) is -0.172. The fourth-order valence-corrected chi connectivity index (χ4v) is 1.40. The minimum absolute atomic E-state index is 0.0202. The van der Waals surface area contributed by atoms with Gasteiger partial charge in [0.1, 0.15) is 5.75 Å². The van der Waals surface area contributed by atoms with Gasteiger partial charge in [0.25, 0.3) is 0 Å². The van der Waals surface area contributed by atoms with Crippen LogP contribution in [0.25, 0.3) is 0 Å². The van der Waals surface area contributed by atoms with Crippen LogP contribution in [0.3, 0.4) is 0 Å². The summed E-state index contributed by atoms with van der Waals surface area (Å²) >= 11 is 0. The smallest absolute Gasteiger partial charge is 0.460 e. The van der Waals surface area contributed by atoms with Gasteiger partial charge in [0.2, 0.25) is 5.78 Å². The number of alkyl halides is 3. The van der Waals surface area contributed by atoms with Crippen LogP contribution in [-0.2, 0) is 14.3 Å². The van der Waals surface area contributed by atoms with Crippen LogP contribution in [0.2, 0.25) is 0 Å². The highest BCUT2D eigenvalue weighted by Crippen LogP contribution is 2.23.